The lowest BCUT2D eigenvalue weighted by molar-refractivity contribution is 0.0958. The van der Waals surface area contributed by atoms with E-state index in [1.54, 1.807) is 6.08 Å². The minimum atomic E-state index is -0.229. The molecule has 4 aromatic rings. The summed E-state index contributed by atoms with van der Waals surface area (Å²) in [5, 5.41) is 7.97. The first-order chi connectivity index (χ1) is 15.2. The Kier molecular flexibility index (Phi) is 6.53. The smallest absolute Gasteiger partial charge is 0.272 e. The number of unbranched alkanes of at least 4 members (excludes halogenated alkanes) is 2. The fourth-order valence-corrected chi connectivity index (χ4v) is 3.34. The molecule has 5 nitrogen and oxygen atoms in total. The van der Waals surface area contributed by atoms with Crippen LogP contribution in [-0.2, 0) is 0 Å². The van der Waals surface area contributed by atoms with Crippen molar-refractivity contribution in [2.24, 2.45) is 0 Å². The molecule has 1 aromatic heterocycles. The van der Waals surface area contributed by atoms with Gasteiger partial charge < -0.3 is 4.74 Å². The summed E-state index contributed by atoms with van der Waals surface area (Å²) in [5.41, 5.74) is 4.58. The predicted molar refractivity (Wildman–Crippen MR) is 124 cm³/mol. The molecule has 0 atom stereocenters. The maximum atomic E-state index is 12.5. The van der Waals surface area contributed by atoms with E-state index in [1.807, 2.05) is 60.7 Å². The summed E-state index contributed by atoms with van der Waals surface area (Å²) < 4.78 is 7.09. The number of para-hydroxylation sites is 1. The number of carbonyl (C=O) groups is 1. The van der Waals surface area contributed by atoms with Gasteiger partial charge >= 0.3 is 0 Å². The lowest BCUT2D eigenvalue weighted by Gasteiger charge is -2.07. The van der Waals surface area contributed by atoms with Crippen LogP contribution in [0.15, 0.2) is 78.9 Å². The van der Waals surface area contributed by atoms with Gasteiger partial charge in [0.1, 0.15) is 11.3 Å². The minimum Gasteiger partial charge on any atom is -0.494 e. The summed E-state index contributed by atoms with van der Waals surface area (Å²) >= 11 is 0. The largest absolute Gasteiger partial charge is 0.494 e. The SMILES string of the molecule is CCCCCOc1ccc(-c2ccc(/C=C/C(=O)n3nnc4ccccc43)cc2)cc1. The van der Waals surface area contributed by atoms with Crippen molar-refractivity contribution in [2.75, 3.05) is 6.61 Å². The highest BCUT2D eigenvalue weighted by atomic mass is 16.5. The molecule has 5 heteroatoms. The van der Waals surface area contributed by atoms with Gasteiger partial charge in [-0.05, 0) is 53.5 Å². The second-order valence-electron chi connectivity index (χ2n) is 7.36. The molecule has 0 aliphatic rings. The Morgan fingerprint density at radius 2 is 1.65 bits per heavy atom. The number of hydrogen-bond donors (Lipinski definition) is 0. The molecule has 0 amide bonds. The third-order valence-electron chi connectivity index (χ3n) is 5.09. The summed E-state index contributed by atoms with van der Waals surface area (Å²) in [4.78, 5) is 12.5. The maximum Gasteiger partial charge on any atom is 0.272 e. The van der Waals surface area contributed by atoms with E-state index in [0.29, 0.717) is 11.0 Å². The van der Waals surface area contributed by atoms with Gasteiger partial charge in [0.25, 0.3) is 5.91 Å². The topological polar surface area (TPSA) is 57.0 Å². The van der Waals surface area contributed by atoms with Gasteiger partial charge in [0.05, 0.1) is 12.1 Å². The van der Waals surface area contributed by atoms with Crippen LogP contribution in [0.4, 0.5) is 0 Å². The van der Waals surface area contributed by atoms with E-state index in [4.69, 9.17) is 4.74 Å². The first kappa shape index (κ1) is 20.5. The molecule has 0 aliphatic heterocycles. The summed E-state index contributed by atoms with van der Waals surface area (Å²) in [6, 6.07) is 23.6. The van der Waals surface area contributed by atoms with Crippen LogP contribution in [0.3, 0.4) is 0 Å². The van der Waals surface area contributed by atoms with E-state index < -0.39 is 0 Å². The van der Waals surface area contributed by atoms with Gasteiger partial charge in [-0.2, -0.15) is 4.68 Å². The Morgan fingerprint density at radius 1 is 0.935 bits per heavy atom. The standard InChI is InChI=1S/C26H25N3O2/c1-2-3-6-19-31-23-16-14-22(15-17-23)21-12-9-20(10-13-21)11-18-26(30)29-25-8-5-4-7-24(25)27-28-29/h4-5,7-18H,2-3,6,19H2,1H3/b18-11+. The van der Waals surface area contributed by atoms with Gasteiger partial charge in [-0.1, -0.05) is 73.5 Å². The van der Waals surface area contributed by atoms with Crippen molar-refractivity contribution in [3.63, 3.8) is 0 Å². The quantitative estimate of drug-likeness (QED) is 0.263. The third kappa shape index (κ3) is 5.07. The summed E-state index contributed by atoms with van der Waals surface area (Å²) in [6.07, 6.45) is 6.78. The molecule has 156 valence electrons. The fourth-order valence-electron chi connectivity index (χ4n) is 3.34. The lowest BCUT2D eigenvalue weighted by atomic mass is 10.0. The van der Waals surface area contributed by atoms with Gasteiger partial charge in [0.2, 0.25) is 0 Å². The Balaban J connectivity index is 1.39. The number of hydrogen-bond acceptors (Lipinski definition) is 4. The molecule has 0 aliphatic carbocycles. The van der Waals surface area contributed by atoms with Crippen LogP contribution in [0.1, 0.15) is 36.5 Å². The molecule has 0 fully saturated rings. The van der Waals surface area contributed by atoms with E-state index in [1.165, 1.54) is 23.6 Å². The Morgan fingerprint density at radius 3 is 2.39 bits per heavy atom. The van der Waals surface area contributed by atoms with Crippen LogP contribution >= 0.6 is 0 Å². The first-order valence-corrected chi connectivity index (χ1v) is 10.6. The van der Waals surface area contributed by atoms with Crippen molar-refractivity contribution in [1.82, 2.24) is 15.0 Å². The molecule has 0 unspecified atom stereocenters. The molecule has 4 rings (SSSR count). The van der Waals surface area contributed by atoms with Crippen molar-refractivity contribution < 1.29 is 9.53 Å². The number of carbonyl (C=O) groups excluding carboxylic acids is 1. The predicted octanol–water partition coefficient (Wildman–Crippen LogP) is 6.02. The van der Waals surface area contributed by atoms with Gasteiger partial charge in [-0.25, -0.2) is 0 Å². The second kappa shape index (κ2) is 9.85. The van der Waals surface area contributed by atoms with Crippen molar-refractivity contribution in [3.05, 3.63) is 84.4 Å². The maximum absolute atomic E-state index is 12.5. The average Bonchev–Trinajstić information content (AvgIpc) is 3.25. The first-order valence-electron chi connectivity index (χ1n) is 10.6. The van der Waals surface area contributed by atoms with E-state index in [9.17, 15) is 4.79 Å². The zero-order valence-electron chi connectivity index (χ0n) is 17.6. The lowest BCUT2D eigenvalue weighted by Crippen LogP contribution is -2.08. The number of aromatic nitrogens is 3. The molecular formula is C26H25N3O2. The summed E-state index contributed by atoms with van der Waals surface area (Å²) in [7, 11) is 0. The highest BCUT2D eigenvalue weighted by Gasteiger charge is 2.08. The van der Waals surface area contributed by atoms with Gasteiger partial charge in [-0.3, -0.25) is 4.79 Å². The highest BCUT2D eigenvalue weighted by molar-refractivity contribution is 5.98. The molecule has 31 heavy (non-hydrogen) atoms. The van der Waals surface area contributed by atoms with Gasteiger partial charge in [0, 0.05) is 6.08 Å². The van der Waals surface area contributed by atoms with E-state index >= 15 is 0 Å². The average molecular weight is 412 g/mol. The molecule has 0 spiro atoms. The Bertz CT molecular complexity index is 1180. The molecule has 0 N–H and O–H groups in total. The van der Waals surface area contributed by atoms with Gasteiger partial charge in [0.15, 0.2) is 0 Å². The minimum absolute atomic E-state index is 0.229. The monoisotopic (exact) mass is 411 g/mol. The number of benzene rings is 3. The summed E-state index contributed by atoms with van der Waals surface area (Å²) in [5.74, 6) is 0.672. The van der Waals surface area contributed by atoms with Crippen LogP contribution in [0, 0.1) is 0 Å². The number of fused-ring (bicyclic) bond motifs is 1. The van der Waals surface area contributed by atoms with E-state index in [0.717, 1.165) is 35.5 Å². The number of allylic oxidation sites excluding steroid dienone is 1. The van der Waals surface area contributed by atoms with Crippen LogP contribution < -0.4 is 4.74 Å². The number of rotatable bonds is 8. The third-order valence-corrected chi connectivity index (χ3v) is 5.09. The second-order valence-corrected chi connectivity index (χ2v) is 7.36. The summed E-state index contributed by atoms with van der Waals surface area (Å²) in [6.45, 7) is 2.95. The fraction of sp³-hybridized carbons (Fsp3) is 0.192. The van der Waals surface area contributed by atoms with Crippen molar-refractivity contribution in [2.45, 2.75) is 26.2 Å². The van der Waals surface area contributed by atoms with Crippen LogP contribution in [0.2, 0.25) is 0 Å². The molecular weight excluding hydrogens is 386 g/mol. The molecule has 3 aromatic carbocycles. The van der Waals surface area contributed by atoms with E-state index in [-0.39, 0.29) is 5.91 Å². The molecule has 0 bridgehead atoms. The molecule has 0 saturated heterocycles. The van der Waals surface area contributed by atoms with Crippen LogP contribution in [0.25, 0.3) is 28.2 Å². The molecule has 0 radical (unpaired) electrons. The Hall–Kier alpha value is -3.73. The molecule has 0 saturated carbocycles. The van der Waals surface area contributed by atoms with Crippen molar-refractivity contribution in [3.8, 4) is 16.9 Å². The molecule has 1 heterocycles. The van der Waals surface area contributed by atoms with Gasteiger partial charge in [-0.15, -0.1) is 5.10 Å². The Labute approximate surface area is 182 Å². The van der Waals surface area contributed by atoms with Crippen molar-refractivity contribution in [1.29, 1.82) is 0 Å². The van der Waals surface area contributed by atoms with Crippen molar-refractivity contribution >= 4 is 23.0 Å². The number of nitrogens with zero attached hydrogens (tertiary/aromatic N) is 3. The van der Waals surface area contributed by atoms with Crippen LogP contribution in [-0.4, -0.2) is 27.5 Å². The van der Waals surface area contributed by atoms with E-state index in [2.05, 4.69) is 29.4 Å². The zero-order chi connectivity index (χ0) is 21.5. The number of ether oxygens (including phenoxy) is 1. The normalized spacial score (nSPS) is 11.3. The highest BCUT2D eigenvalue weighted by Crippen LogP contribution is 2.23. The van der Waals surface area contributed by atoms with Crippen LogP contribution in [0.5, 0.6) is 5.75 Å². The zero-order valence-corrected chi connectivity index (χ0v) is 17.6.